The number of aromatic nitrogens is 2. The van der Waals surface area contributed by atoms with E-state index >= 15 is 0 Å². The molecule has 0 aliphatic carbocycles. The molecule has 2 aromatic carbocycles. The van der Waals surface area contributed by atoms with Crippen LogP contribution >= 0.6 is 0 Å². The molecule has 0 fully saturated rings. The fourth-order valence-electron chi connectivity index (χ4n) is 4.66. The lowest BCUT2D eigenvalue weighted by molar-refractivity contribution is 0.0723. The fraction of sp³-hybridized carbons (Fsp3) is 0.385. The molecule has 1 amide bonds. The predicted octanol–water partition coefficient (Wildman–Crippen LogP) is 5.10. The first-order chi connectivity index (χ1) is 15.3. The summed E-state index contributed by atoms with van der Waals surface area (Å²) in [5.74, 6) is 0.535. The molecule has 3 aromatic rings. The van der Waals surface area contributed by atoms with Crippen molar-refractivity contribution in [3.05, 3.63) is 69.9 Å². The van der Waals surface area contributed by atoms with Crippen LogP contribution in [-0.2, 0) is 4.74 Å². The lowest BCUT2D eigenvalue weighted by atomic mass is 9.92. The van der Waals surface area contributed by atoms with Gasteiger partial charge in [-0.25, -0.2) is 0 Å². The average Bonchev–Trinajstić information content (AvgIpc) is 3.27. The summed E-state index contributed by atoms with van der Waals surface area (Å²) in [6, 6.07) is 12.0. The van der Waals surface area contributed by atoms with Crippen molar-refractivity contribution < 1.29 is 14.6 Å². The Hall–Kier alpha value is -3.12. The van der Waals surface area contributed by atoms with Crippen LogP contribution < -0.4 is 0 Å². The smallest absolute Gasteiger partial charge is 0.273 e. The van der Waals surface area contributed by atoms with Gasteiger partial charge >= 0.3 is 0 Å². The summed E-state index contributed by atoms with van der Waals surface area (Å²) in [6.07, 6.45) is 0.741. The van der Waals surface area contributed by atoms with Crippen molar-refractivity contribution in [2.75, 3.05) is 20.3 Å². The summed E-state index contributed by atoms with van der Waals surface area (Å²) >= 11 is 0. The minimum Gasteiger partial charge on any atom is -0.507 e. The van der Waals surface area contributed by atoms with Crippen molar-refractivity contribution >= 4 is 5.91 Å². The second kappa shape index (κ2) is 8.79. The summed E-state index contributed by atoms with van der Waals surface area (Å²) in [5, 5.41) is 18.2. The number of nitrogens with one attached hydrogen (secondary N) is 1. The average molecular weight is 434 g/mol. The molecule has 0 radical (unpaired) electrons. The van der Waals surface area contributed by atoms with Crippen LogP contribution in [0.2, 0.25) is 0 Å². The standard InChI is InChI=1S/C26H31N3O3/c1-15(2)18-7-9-19(10-8-18)25-22-23(21-17(4)13-16(3)14-20(21)30)27-28-24(22)26(31)29(25)11-6-12-32-5/h7-10,13-15,25,30H,6,11-12H2,1-5H3,(H,27,28). The molecule has 0 saturated carbocycles. The third-order valence-corrected chi connectivity index (χ3v) is 6.23. The van der Waals surface area contributed by atoms with Crippen LogP contribution in [0.3, 0.4) is 0 Å². The van der Waals surface area contributed by atoms with E-state index < -0.39 is 0 Å². The van der Waals surface area contributed by atoms with Crippen LogP contribution in [0.4, 0.5) is 0 Å². The van der Waals surface area contributed by atoms with Gasteiger partial charge in [0.1, 0.15) is 17.1 Å². The number of fused-ring (bicyclic) bond motifs is 1. The maximum Gasteiger partial charge on any atom is 0.273 e. The van der Waals surface area contributed by atoms with Gasteiger partial charge in [-0.1, -0.05) is 44.2 Å². The maximum absolute atomic E-state index is 13.4. The number of nitrogens with zero attached hydrogens (tertiary/aromatic N) is 2. The first-order valence-electron chi connectivity index (χ1n) is 11.1. The molecule has 6 nitrogen and oxygen atoms in total. The van der Waals surface area contributed by atoms with Gasteiger partial charge in [0.15, 0.2) is 0 Å². The molecule has 0 spiro atoms. The molecular weight excluding hydrogens is 402 g/mol. The lowest BCUT2D eigenvalue weighted by Gasteiger charge is -2.27. The largest absolute Gasteiger partial charge is 0.507 e. The van der Waals surface area contributed by atoms with E-state index in [2.05, 4.69) is 48.3 Å². The number of amides is 1. The molecule has 2 N–H and O–H groups in total. The van der Waals surface area contributed by atoms with E-state index in [1.807, 2.05) is 24.8 Å². The highest BCUT2D eigenvalue weighted by Gasteiger charge is 2.42. The number of aromatic amines is 1. The zero-order valence-corrected chi connectivity index (χ0v) is 19.4. The number of phenols is 1. The molecule has 4 rings (SSSR count). The Morgan fingerprint density at radius 2 is 1.91 bits per heavy atom. The zero-order valence-electron chi connectivity index (χ0n) is 19.4. The first-order valence-corrected chi connectivity index (χ1v) is 11.1. The highest BCUT2D eigenvalue weighted by Crippen LogP contribution is 2.45. The van der Waals surface area contributed by atoms with Gasteiger partial charge < -0.3 is 14.7 Å². The highest BCUT2D eigenvalue weighted by atomic mass is 16.5. The molecule has 168 valence electrons. The molecule has 1 atom stereocenters. The third-order valence-electron chi connectivity index (χ3n) is 6.23. The number of ether oxygens (including phenoxy) is 1. The van der Waals surface area contributed by atoms with Gasteiger partial charge in [0.25, 0.3) is 5.91 Å². The Kier molecular flexibility index (Phi) is 6.07. The van der Waals surface area contributed by atoms with E-state index in [4.69, 9.17) is 4.74 Å². The quantitative estimate of drug-likeness (QED) is 0.508. The minimum absolute atomic E-state index is 0.0722. The third kappa shape index (κ3) is 3.79. The van der Waals surface area contributed by atoms with E-state index in [0.717, 1.165) is 28.7 Å². The Morgan fingerprint density at radius 3 is 2.53 bits per heavy atom. The van der Waals surface area contributed by atoms with Gasteiger partial charge in [-0.15, -0.1) is 0 Å². The van der Waals surface area contributed by atoms with Crippen molar-refractivity contribution in [3.8, 4) is 17.0 Å². The van der Waals surface area contributed by atoms with Crippen LogP contribution in [0, 0.1) is 13.8 Å². The molecule has 0 bridgehead atoms. The van der Waals surface area contributed by atoms with E-state index in [-0.39, 0.29) is 17.7 Å². The molecule has 1 aliphatic heterocycles. The summed E-state index contributed by atoms with van der Waals surface area (Å²) < 4.78 is 5.22. The number of carbonyl (C=O) groups is 1. The van der Waals surface area contributed by atoms with E-state index in [1.165, 1.54) is 5.56 Å². The number of carbonyl (C=O) groups excluding carboxylic acids is 1. The molecular formula is C26H31N3O3. The van der Waals surface area contributed by atoms with Crippen LogP contribution in [0.15, 0.2) is 36.4 Å². The number of phenolic OH excluding ortho intramolecular Hbond substituents is 1. The number of H-pyrrole nitrogens is 1. The summed E-state index contributed by atoms with van der Waals surface area (Å²) in [5.41, 5.74) is 6.82. The minimum atomic E-state index is -0.274. The number of hydrogen-bond acceptors (Lipinski definition) is 4. The van der Waals surface area contributed by atoms with Crippen LogP contribution in [0.5, 0.6) is 5.75 Å². The van der Waals surface area contributed by atoms with E-state index in [1.54, 1.807) is 13.2 Å². The van der Waals surface area contributed by atoms with Gasteiger partial charge in [0.2, 0.25) is 0 Å². The van der Waals surface area contributed by atoms with Crippen molar-refractivity contribution in [2.24, 2.45) is 0 Å². The van der Waals surface area contributed by atoms with Gasteiger partial charge in [-0.2, -0.15) is 5.10 Å². The summed E-state index contributed by atoms with van der Waals surface area (Å²) in [7, 11) is 1.67. The number of methoxy groups -OCH3 is 1. The number of rotatable bonds is 7. The first kappa shape index (κ1) is 22.1. The molecule has 0 saturated heterocycles. The predicted molar refractivity (Wildman–Crippen MR) is 125 cm³/mol. The van der Waals surface area contributed by atoms with Crippen LogP contribution in [0.25, 0.3) is 11.3 Å². The topological polar surface area (TPSA) is 78.5 Å². The van der Waals surface area contributed by atoms with Gasteiger partial charge in [-0.3, -0.25) is 9.89 Å². The van der Waals surface area contributed by atoms with Gasteiger partial charge in [0.05, 0.1) is 6.04 Å². The van der Waals surface area contributed by atoms with Crippen molar-refractivity contribution in [3.63, 3.8) is 0 Å². The van der Waals surface area contributed by atoms with Crippen LogP contribution in [0.1, 0.15) is 70.5 Å². The van der Waals surface area contributed by atoms with Gasteiger partial charge in [-0.05, 0) is 54.5 Å². The van der Waals surface area contributed by atoms with Crippen molar-refractivity contribution in [1.82, 2.24) is 15.1 Å². The summed E-state index contributed by atoms with van der Waals surface area (Å²) in [4.78, 5) is 15.3. The SMILES string of the molecule is COCCCN1C(=O)c2[nH]nc(-c3c(C)cc(C)cc3O)c2C1c1ccc(C(C)C)cc1. The highest BCUT2D eigenvalue weighted by molar-refractivity contribution is 6.00. The second-order valence-electron chi connectivity index (χ2n) is 8.91. The number of hydrogen-bond donors (Lipinski definition) is 2. The van der Waals surface area contributed by atoms with Gasteiger partial charge in [0, 0.05) is 31.4 Å². The van der Waals surface area contributed by atoms with E-state index in [9.17, 15) is 9.90 Å². The Balaban J connectivity index is 1.85. The molecule has 1 aromatic heterocycles. The Labute approximate surface area is 189 Å². The maximum atomic E-state index is 13.4. The Morgan fingerprint density at radius 1 is 1.19 bits per heavy atom. The zero-order chi connectivity index (χ0) is 23.0. The molecule has 1 unspecified atom stereocenters. The molecule has 1 aliphatic rings. The lowest BCUT2D eigenvalue weighted by Crippen LogP contribution is -2.31. The Bertz CT molecular complexity index is 1110. The summed E-state index contributed by atoms with van der Waals surface area (Å²) in [6.45, 7) is 9.40. The van der Waals surface area contributed by atoms with Crippen molar-refractivity contribution in [2.45, 2.75) is 46.1 Å². The molecule has 6 heteroatoms. The van der Waals surface area contributed by atoms with Crippen molar-refractivity contribution in [1.29, 1.82) is 0 Å². The molecule has 32 heavy (non-hydrogen) atoms. The molecule has 2 heterocycles. The fourth-order valence-corrected chi connectivity index (χ4v) is 4.66. The number of aryl methyl sites for hydroxylation is 2. The number of aromatic hydroxyl groups is 1. The van der Waals surface area contributed by atoms with E-state index in [0.29, 0.717) is 36.0 Å². The normalized spacial score (nSPS) is 15.6. The number of benzene rings is 2. The second-order valence-corrected chi connectivity index (χ2v) is 8.91. The van der Waals surface area contributed by atoms with Crippen LogP contribution in [-0.4, -0.2) is 46.4 Å². The monoisotopic (exact) mass is 433 g/mol.